The number of methoxy groups -OCH3 is 2. The molecule has 0 aromatic heterocycles. The zero-order valence-electron chi connectivity index (χ0n) is 67.3. The molecule has 4 aliphatic carbocycles. The molecule has 586 valence electrons. The molecule has 5 fully saturated rings. The quantitative estimate of drug-likeness (QED) is 0.0535. The molecule has 2 N–H and O–H groups in total. The Kier molecular flexibility index (Phi) is 38.7. The highest BCUT2D eigenvalue weighted by molar-refractivity contribution is 5.77. The van der Waals surface area contributed by atoms with Crippen LogP contribution < -0.4 is 14.8 Å². The topological polar surface area (TPSA) is 127 Å². The average molecular weight is 1440 g/mol. The molecule has 3 amide bonds. The number of benzene rings is 3. The number of amides is 3. The molecule has 1 heterocycles. The van der Waals surface area contributed by atoms with Crippen LogP contribution in [0.2, 0.25) is 0 Å². The van der Waals surface area contributed by atoms with E-state index in [1.54, 1.807) is 14.2 Å². The fourth-order valence-corrected chi connectivity index (χ4v) is 20.7. The number of nitrogens with one attached hydrogen (secondary N) is 1. The summed E-state index contributed by atoms with van der Waals surface area (Å²) < 4.78 is 24.4. The van der Waals surface area contributed by atoms with Crippen LogP contribution in [0.5, 0.6) is 11.5 Å². The number of unbranched alkanes of at least 4 members (excludes halogenated alkanes) is 32. The van der Waals surface area contributed by atoms with Crippen molar-refractivity contribution >= 4 is 17.9 Å². The molecule has 3 aromatic rings. The van der Waals surface area contributed by atoms with Gasteiger partial charge in [-0.2, -0.15) is 0 Å². The van der Waals surface area contributed by atoms with Crippen molar-refractivity contribution in [3.63, 3.8) is 0 Å². The molecule has 104 heavy (non-hydrogen) atoms. The predicted molar refractivity (Wildman–Crippen MR) is 430 cm³/mol. The Morgan fingerprint density at radius 3 is 1.52 bits per heavy atom. The standard InChI is InChI=1S/C93H151N3O8/c1-8-10-12-14-16-18-20-22-24-26-28-30-32-34-36-44-68-95(69-45-37-35-33-31-29-27-25-23-21-19-17-15-13-11-9-2)87(98)62-49-73(3)83-60-61-84-82-59-54-77-70-81(63-65-92(77,4)85(82)64-66-93(83,84)5)103-91(100)94-67-43-39-42-48-88(99)96-72-78(97)71-86(96)90(74-46-40-38-41-47-74)104-89(75-50-55-79(101-6)56-51-75)76-52-57-80(102-7)58-53-76/h38,40-41,46-47,50-53,55-58,73,77-78,81-86,89-90,97H,8-37,39,42-45,48-49,54,59-72H2,1-7H3,(H,94,100). The number of nitrogens with zero attached hydrogens (tertiary/aromatic N) is 2. The lowest BCUT2D eigenvalue weighted by atomic mass is 9.44. The fraction of sp³-hybridized carbons (Fsp3) is 0.774. The second-order valence-corrected chi connectivity index (χ2v) is 34.3. The molecular formula is C93H151N3O8. The molecule has 11 nitrogen and oxygen atoms in total. The molecule has 5 aliphatic rings. The van der Waals surface area contributed by atoms with E-state index in [4.69, 9.17) is 18.9 Å². The Bertz CT molecular complexity index is 2710. The molecule has 1 saturated heterocycles. The molecule has 1 aliphatic heterocycles. The van der Waals surface area contributed by atoms with Gasteiger partial charge in [-0.3, -0.25) is 9.59 Å². The van der Waals surface area contributed by atoms with E-state index in [9.17, 15) is 19.5 Å². The van der Waals surface area contributed by atoms with Crippen LogP contribution in [0.1, 0.15) is 372 Å². The van der Waals surface area contributed by atoms with Gasteiger partial charge in [0.15, 0.2) is 0 Å². The Morgan fingerprint density at radius 1 is 0.529 bits per heavy atom. The Morgan fingerprint density at radius 2 is 1.01 bits per heavy atom. The summed E-state index contributed by atoms with van der Waals surface area (Å²) >= 11 is 0. The van der Waals surface area contributed by atoms with E-state index in [1.807, 2.05) is 83.8 Å². The van der Waals surface area contributed by atoms with Gasteiger partial charge in [-0.25, -0.2) is 4.79 Å². The lowest BCUT2D eigenvalue weighted by Gasteiger charge is -2.61. The zero-order chi connectivity index (χ0) is 73.6. The first-order valence-electron chi connectivity index (χ1n) is 44.0. The molecule has 11 heteroatoms. The number of aliphatic hydroxyl groups excluding tert-OH is 1. The third-order valence-electron chi connectivity index (χ3n) is 27.0. The molecule has 4 saturated carbocycles. The number of fused-ring (bicyclic) bond motifs is 5. The van der Waals surface area contributed by atoms with E-state index in [0.717, 1.165) is 110 Å². The lowest BCUT2D eigenvalue weighted by Crippen LogP contribution is -2.54. The zero-order valence-corrected chi connectivity index (χ0v) is 67.3. The number of hydrogen-bond acceptors (Lipinski definition) is 8. The van der Waals surface area contributed by atoms with Crippen LogP contribution in [-0.4, -0.2) is 91.5 Å². The van der Waals surface area contributed by atoms with E-state index in [2.05, 4.69) is 44.8 Å². The number of β-amino-alcohol motifs (C(OH)–C–C–N with tert-alkyl or cyclic N) is 1. The summed E-state index contributed by atoms with van der Waals surface area (Å²) in [6, 6.07) is 25.5. The van der Waals surface area contributed by atoms with Gasteiger partial charge in [0.1, 0.15) is 29.8 Å². The van der Waals surface area contributed by atoms with Crippen molar-refractivity contribution in [1.82, 2.24) is 15.1 Å². The Labute approximate surface area is 635 Å². The Hall–Kier alpha value is -4.61. The Balaban J connectivity index is 0.732. The minimum atomic E-state index is -0.667. The van der Waals surface area contributed by atoms with Crippen LogP contribution in [0, 0.1) is 46.3 Å². The summed E-state index contributed by atoms with van der Waals surface area (Å²) in [4.78, 5) is 46.3. The normalized spacial score (nSPS) is 24.2. The fourth-order valence-electron chi connectivity index (χ4n) is 20.7. The van der Waals surface area contributed by atoms with Crippen LogP contribution in [0.15, 0.2) is 78.9 Å². The molecule has 0 spiro atoms. The van der Waals surface area contributed by atoms with Gasteiger partial charge in [0.05, 0.1) is 26.4 Å². The van der Waals surface area contributed by atoms with Crippen molar-refractivity contribution in [1.29, 1.82) is 0 Å². The summed E-state index contributed by atoms with van der Waals surface area (Å²) in [7, 11) is 3.31. The van der Waals surface area contributed by atoms with Gasteiger partial charge in [-0.1, -0.05) is 288 Å². The van der Waals surface area contributed by atoms with Gasteiger partial charge in [0, 0.05) is 39.0 Å². The number of carbonyl (C=O) groups is 3. The maximum atomic E-state index is 14.4. The first-order valence-corrected chi connectivity index (χ1v) is 44.0. The first-order chi connectivity index (χ1) is 50.8. The van der Waals surface area contributed by atoms with Crippen LogP contribution >= 0.6 is 0 Å². The summed E-state index contributed by atoms with van der Waals surface area (Å²) in [6.07, 6.45) is 57.6. The molecule has 12 atom stereocenters. The minimum absolute atomic E-state index is 0.00339. The van der Waals surface area contributed by atoms with Crippen molar-refractivity contribution < 1.29 is 38.4 Å². The average Bonchev–Trinajstić information content (AvgIpc) is 1.52. The van der Waals surface area contributed by atoms with Gasteiger partial charge >= 0.3 is 6.09 Å². The number of likely N-dealkylation sites (tertiary alicyclic amines) is 1. The second-order valence-electron chi connectivity index (χ2n) is 34.3. The van der Waals surface area contributed by atoms with Crippen LogP contribution in [0.25, 0.3) is 0 Å². The van der Waals surface area contributed by atoms with E-state index in [1.165, 1.54) is 231 Å². The highest BCUT2D eigenvalue weighted by Crippen LogP contribution is 2.68. The monoisotopic (exact) mass is 1440 g/mol. The summed E-state index contributed by atoms with van der Waals surface area (Å²) in [6.45, 7) is 15.1. The van der Waals surface area contributed by atoms with Gasteiger partial charge < -0.3 is 39.2 Å². The van der Waals surface area contributed by atoms with Crippen molar-refractivity contribution in [3.05, 3.63) is 95.6 Å². The summed E-state index contributed by atoms with van der Waals surface area (Å²) in [5, 5.41) is 14.3. The first kappa shape index (κ1) is 85.0. The molecule has 12 unspecified atom stereocenters. The maximum Gasteiger partial charge on any atom is 0.407 e. The van der Waals surface area contributed by atoms with Crippen molar-refractivity contribution in [2.24, 2.45) is 46.3 Å². The van der Waals surface area contributed by atoms with Gasteiger partial charge in [0.2, 0.25) is 11.8 Å². The van der Waals surface area contributed by atoms with Crippen LogP contribution in [0.4, 0.5) is 4.79 Å². The van der Waals surface area contributed by atoms with E-state index >= 15 is 0 Å². The van der Waals surface area contributed by atoms with E-state index in [-0.39, 0.29) is 36.1 Å². The van der Waals surface area contributed by atoms with E-state index in [0.29, 0.717) is 61.3 Å². The summed E-state index contributed by atoms with van der Waals surface area (Å²) in [5.74, 6) is 6.06. The number of carbonyl (C=O) groups excluding carboxylic acids is 3. The number of alkyl carbamates (subject to hydrolysis) is 1. The van der Waals surface area contributed by atoms with Crippen molar-refractivity contribution in [2.45, 2.75) is 373 Å². The smallest absolute Gasteiger partial charge is 0.407 e. The lowest BCUT2D eigenvalue weighted by molar-refractivity contribution is -0.136. The minimum Gasteiger partial charge on any atom is -0.497 e. The highest BCUT2D eigenvalue weighted by atomic mass is 16.6. The van der Waals surface area contributed by atoms with E-state index < -0.39 is 18.3 Å². The van der Waals surface area contributed by atoms with Gasteiger partial charge in [0.25, 0.3) is 0 Å². The molecule has 3 aromatic carbocycles. The second kappa shape index (κ2) is 47.3. The molecule has 0 radical (unpaired) electrons. The molecule has 8 rings (SSSR count). The van der Waals surface area contributed by atoms with Crippen molar-refractivity contribution in [3.8, 4) is 11.5 Å². The van der Waals surface area contributed by atoms with Gasteiger partial charge in [-0.05, 0) is 184 Å². The predicted octanol–water partition coefficient (Wildman–Crippen LogP) is 24.6. The highest BCUT2D eigenvalue weighted by Gasteiger charge is 2.61. The van der Waals surface area contributed by atoms with Crippen molar-refractivity contribution in [2.75, 3.05) is 40.4 Å². The number of ether oxygens (including phenoxy) is 4. The third kappa shape index (κ3) is 26.9. The molecular weight excluding hydrogens is 1290 g/mol. The number of aliphatic hydroxyl groups is 1. The summed E-state index contributed by atoms with van der Waals surface area (Å²) in [5.41, 5.74) is 3.47. The largest absolute Gasteiger partial charge is 0.497 e. The van der Waals surface area contributed by atoms with Gasteiger partial charge in [-0.15, -0.1) is 0 Å². The maximum absolute atomic E-state index is 14.4. The SMILES string of the molecule is CCCCCCCCCCCCCCCCCCN(CCCCCCCCCCCCCCCCCC)C(=O)CCC(C)C1CCC2C3CCC4CC(OC(=O)NCCCCCC(=O)N5CC(O)CC5C(OC(c5ccc(OC)cc5)c5ccc(OC)cc5)c5ccccc5)CCC4(C)C3CCC12C. The number of rotatable bonds is 53. The van der Waals surface area contributed by atoms with Crippen LogP contribution in [0.3, 0.4) is 0 Å². The molecule has 0 bridgehead atoms. The third-order valence-corrected chi connectivity index (χ3v) is 27.0. The number of hydrogen-bond donors (Lipinski definition) is 2. The van der Waals surface area contributed by atoms with Crippen LogP contribution in [-0.2, 0) is 19.1 Å².